The zero-order chi connectivity index (χ0) is 15.4. The molecule has 1 aromatic rings. The lowest BCUT2D eigenvalue weighted by atomic mass is 9.77. The van der Waals surface area contributed by atoms with E-state index in [-0.39, 0.29) is 11.2 Å². The third-order valence-electron chi connectivity index (χ3n) is 4.87. The summed E-state index contributed by atoms with van der Waals surface area (Å²) in [4.78, 5) is 0. The number of methoxy groups -OCH3 is 1. The lowest BCUT2D eigenvalue weighted by Gasteiger charge is -2.32. The van der Waals surface area contributed by atoms with Gasteiger partial charge in [-0.15, -0.1) is 0 Å². The molecule has 1 saturated carbocycles. The molecule has 1 aliphatic heterocycles. The highest BCUT2D eigenvalue weighted by Crippen LogP contribution is 2.43. The Morgan fingerprint density at radius 2 is 1.71 bits per heavy atom. The summed E-state index contributed by atoms with van der Waals surface area (Å²) in [6.45, 7) is 8.18. The average Bonchev–Trinajstić information content (AvgIpc) is 3.18. The normalized spacial score (nSPS) is 23.4. The maximum Gasteiger partial charge on any atom is 0.496 e. The van der Waals surface area contributed by atoms with E-state index < -0.39 is 7.12 Å². The van der Waals surface area contributed by atoms with Gasteiger partial charge in [0.15, 0.2) is 0 Å². The van der Waals surface area contributed by atoms with Gasteiger partial charge in [0.25, 0.3) is 0 Å². The van der Waals surface area contributed by atoms with Gasteiger partial charge in [0.1, 0.15) is 5.75 Å². The highest BCUT2D eigenvalue weighted by atomic mass is 35.5. The summed E-state index contributed by atoms with van der Waals surface area (Å²) in [5.74, 6) is 1.32. The van der Waals surface area contributed by atoms with Crippen molar-refractivity contribution in [3.05, 3.63) is 22.7 Å². The predicted molar refractivity (Wildman–Crippen MR) is 85.7 cm³/mol. The highest BCUT2D eigenvalue weighted by molar-refractivity contribution is 6.66. The van der Waals surface area contributed by atoms with Gasteiger partial charge in [0, 0.05) is 5.46 Å². The number of hydrogen-bond acceptors (Lipinski definition) is 3. The van der Waals surface area contributed by atoms with Crippen LogP contribution in [0.2, 0.25) is 5.02 Å². The van der Waals surface area contributed by atoms with Crippen LogP contribution in [0.15, 0.2) is 12.1 Å². The summed E-state index contributed by atoms with van der Waals surface area (Å²) in [5, 5.41) is 0.584. The zero-order valence-corrected chi connectivity index (χ0v) is 14.1. The van der Waals surface area contributed by atoms with Gasteiger partial charge in [-0.3, -0.25) is 0 Å². The molecule has 2 fully saturated rings. The van der Waals surface area contributed by atoms with Crippen molar-refractivity contribution in [2.75, 3.05) is 7.11 Å². The van der Waals surface area contributed by atoms with Crippen molar-refractivity contribution in [3.63, 3.8) is 0 Å². The van der Waals surface area contributed by atoms with Crippen molar-refractivity contribution in [2.45, 2.75) is 57.7 Å². The van der Waals surface area contributed by atoms with Gasteiger partial charge >= 0.3 is 7.12 Å². The number of ether oxygens (including phenoxy) is 1. The number of halogens is 1. The van der Waals surface area contributed by atoms with Crippen LogP contribution in [0.3, 0.4) is 0 Å². The van der Waals surface area contributed by atoms with Gasteiger partial charge in [-0.05, 0) is 58.1 Å². The summed E-state index contributed by atoms with van der Waals surface area (Å²) in [6.07, 6.45) is 2.46. The van der Waals surface area contributed by atoms with Crippen LogP contribution in [0.25, 0.3) is 0 Å². The van der Waals surface area contributed by atoms with E-state index in [9.17, 15) is 0 Å². The van der Waals surface area contributed by atoms with Crippen molar-refractivity contribution in [2.24, 2.45) is 0 Å². The summed E-state index contributed by atoms with van der Waals surface area (Å²) in [5.41, 5.74) is 1.39. The van der Waals surface area contributed by atoms with Gasteiger partial charge in [-0.25, -0.2) is 0 Å². The Labute approximate surface area is 132 Å². The Morgan fingerprint density at radius 1 is 1.14 bits per heavy atom. The first kappa shape index (κ1) is 15.2. The molecular formula is C16H22BClO3. The molecule has 0 bridgehead atoms. The molecular weight excluding hydrogens is 286 g/mol. The maximum absolute atomic E-state index is 6.49. The van der Waals surface area contributed by atoms with E-state index >= 15 is 0 Å². The smallest absolute Gasteiger partial charge is 0.495 e. The second-order valence-corrected chi connectivity index (χ2v) is 7.37. The molecule has 0 unspecified atom stereocenters. The van der Waals surface area contributed by atoms with Crippen molar-refractivity contribution in [1.82, 2.24) is 0 Å². The summed E-state index contributed by atoms with van der Waals surface area (Å²) < 4.78 is 17.7. The van der Waals surface area contributed by atoms with Crippen LogP contribution < -0.4 is 10.2 Å². The SMILES string of the molecule is COc1cc(C2CC2)cc(B2OC(C)(C)C(C)(C)O2)c1Cl. The molecule has 1 aromatic carbocycles. The van der Waals surface area contributed by atoms with E-state index in [4.69, 9.17) is 25.6 Å². The molecule has 1 aliphatic carbocycles. The monoisotopic (exact) mass is 308 g/mol. The topological polar surface area (TPSA) is 27.7 Å². The first-order valence-corrected chi connectivity index (χ1v) is 7.86. The minimum atomic E-state index is -0.449. The van der Waals surface area contributed by atoms with E-state index in [1.807, 2.05) is 33.8 Å². The minimum Gasteiger partial charge on any atom is -0.495 e. The van der Waals surface area contributed by atoms with E-state index in [2.05, 4.69) is 6.07 Å². The predicted octanol–water partition coefficient (Wildman–Crippen LogP) is 3.53. The minimum absolute atomic E-state index is 0.371. The van der Waals surface area contributed by atoms with Gasteiger partial charge < -0.3 is 14.0 Å². The molecule has 0 atom stereocenters. The Bertz CT molecular complexity index is 551. The second-order valence-electron chi connectivity index (χ2n) is 6.99. The lowest BCUT2D eigenvalue weighted by molar-refractivity contribution is 0.00578. The van der Waals surface area contributed by atoms with Crippen LogP contribution in [0.4, 0.5) is 0 Å². The largest absolute Gasteiger partial charge is 0.496 e. The molecule has 0 spiro atoms. The van der Waals surface area contributed by atoms with Crippen molar-refractivity contribution >= 4 is 24.2 Å². The molecule has 5 heteroatoms. The third-order valence-corrected chi connectivity index (χ3v) is 5.27. The molecule has 2 aliphatic rings. The van der Waals surface area contributed by atoms with Crippen molar-refractivity contribution in [3.8, 4) is 5.75 Å². The first-order chi connectivity index (χ1) is 9.75. The molecule has 3 rings (SSSR count). The third kappa shape index (κ3) is 2.58. The Balaban J connectivity index is 2.00. The lowest BCUT2D eigenvalue weighted by Crippen LogP contribution is -2.41. The van der Waals surface area contributed by atoms with Crippen molar-refractivity contribution in [1.29, 1.82) is 0 Å². The van der Waals surface area contributed by atoms with Crippen molar-refractivity contribution < 1.29 is 14.0 Å². The number of hydrogen-bond donors (Lipinski definition) is 0. The second kappa shape index (κ2) is 4.90. The maximum atomic E-state index is 6.49. The average molecular weight is 309 g/mol. The molecule has 0 radical (unpaired) electrons. The first-order valence-electron chi connectivity index (χ1n) is 7.48. The van der Waals surface area contributed by atoms with Crippen LogP contribution in [-0.4, -0.2) is 25.4 Å². The van der Waals surface area contributed by atoms with E-state index in [1.54, 1.807) is 7.11 Å². The fourth-order valence-electron chi connectivity index (χ4n) is 2.58. The fourth-order valence-corrected chi connectivity index (χ4v) is 2.86. The summed E-state index contributed by atoms with van der Waals surface area (Å²) in [7, 11) is 1.20. The number of rotatable bonds is 3. The van der Waals surface area contributed by atoms with Crippen LogP contribution in [0.1, 0.15) is 52.0 Å². The molecule has 0 amide bonds. The standard InChI is InChI=1S/C16H22BClO3/c1-15(2)16(3,4)21-17(20-15)12-8-11(10-6-7-10)9-13(19-5)14(12)18/h8-10H,6-7H2,1-5H3. The zero-order valence-electron chi connectivity index (χ0n) is 13.3. The van der Waals surface area contributed by atoms with Crippen LogP contribution >= 0.6 is 11.6 Å². The molecule has 0 N–H and O–H groups in total. The highest BCUT2D eigenvalue weighted by Gasteiger charge is 2.52. The van der Waals surface area contributed by atoms with Gasteiger partial charge in [0.2, 0.25) is 0 Å². The molecule has 1 heterocycles. The van der Waals surface area contributed by atoms with Gasteiger partial charge in [-0.2, -0.15) is 0 Å². The molecule has 21 heavy (non-hydrogen) atoms. The fraction of sp³-hybridized carbons (Fsp3) is 0.625. The van der Waals surface area contributed by atoms with Gasteiger partial charge in [0.05, 0.1) is 23.3 Å². The molecule has 0 aromatic heterocycles. The molecule has 114 valence electrons. The Kier molecular flexibility index (Phi) is 3.55. The van der Waals surface area contributed by atoms with Crippen LogP contribution in [0.5, 0.6) is 5.75 Å². The molecule has 3 nitrogen and oxygen atoms in total. The van der Waals surface area contributed by atoms with E-state index in [1.165, 1.54) is 18.4 Å². The number of benzene rings is 1. The van der Waals surface area contributed by atoms with Gasteiger partial charge in [-0.1, -0.05) is 17.7 Å². The quantitative estimate of drug-likeness (QED) is 0.800. The summed E-state index contributed by atoms with van der Waals surface area (Å²) in [6, 6.07) is 4.15. The van der Waals surface area contributed by atoms with E-state index in [0.29, 0.717) is 16.7 Å². The Morgan fingerprint density at radius 3 is 2.19 bits per heavy atom. The van der Waals surface area contributed by atoms with Crippen LogP contribution in [0, 0.1) is 0 Å². The van der Waals surface area contributed by atoms with E-state index in [0.717, 1.165) is 5.46 Å². The molecule has 1 saturated heterocycles. The Hall–Kier alpha value is -0.705. The van der Waals surface area contributed by atoms with Crippen LogP contribution in [-0.2, 0) is 9.31 Å². The summed E-state index contributed by atoms with van der Waals surface area (Å²) >= 11 is 6.49.